The molecule has 1 aromatic rings. The first-order valence-corrected chi connectivity index (χ1v) is 5.18. The Morgan fingerprint density at radius 3 is 2.40 bits per heavy atom. The van der Waals surface area contributed by atoms with Crippen LogP contribution in [0.25, 0.3) is 0 Å². The van der Waals surface area contributed by atoms with Crippen molar-refractivity contribution in [2.24, 2.45) is 5.41 Å². The van der Waals surface area contributed by atoms with Crippen LogP contribution in [0.5, 0.6) is 0 Å². The second-order valence-corrected chi connectivity index (χ2v) is 4.97. The van der Waals surface area contributed by atoms with Crippen LogP contribution >= 0.6 is 0 Å². The highest BCUT2D eigenvalue weighted by molar-refractivity contribution is 5.91. The molecule has 1 amide bonds. The summed E-state index contributed by atoms with van der Waals surface area (Å²) in [6.45, 7) is 10.1. The molecule has 0 aliphatic rings. The summed E-state index contributed by atoms with van der Waals surface area (Å²) in [5, 5.41) is 2.92. The summed E-state index contributed by atoms with van der Waals surface area (Å²) in [5.41, 5.74) is 0.0529. The van der Waals surface area contributed by atoms with Crippen LogP contribution in [0.2, 0.25) is 0 Å². The van der Waals surface area contributed by atoms with Crippen LogP contribution < -0.4 is 5.32 Å². The molecule has 1 aromatic heterocycles. The zero-order chi connectivity index (χ0) is 11.6. The van der Waals surface area contributed by atoms with Crippen molar-refractivity contribution in [2.45, 2.75) is 40.7 Å². The van der Waals surface area contributed by atoms with Gasteiger partial charge in [-0.05, 0) is 31.4 Å². The summed E-state index contributed by atoms with van der Waals surface area (Å²) >= 11 is 0. The van der Waals surface area contributed by atoms with Gasteiger partial charge >= 0.3 is 0 Å². The Morgan fingerprint density at radius 1 is 1.40 bits per heavy atom. The largest absolute Gasteiger partial charge is 0.456 e. The minimum Gasteiger partial charge on any atom is -0.456 e. The maximum Gasteiger partial charge on any atom is 0.287 e. The van der Waals surface area contributed by atoms with Crippen LogP contribution in [-0.4, -0.2) is 11.9 Å². The number of hydrogen-bond donors (Lipinski definition) is 1. The molecule has 3 nitrogen and oxygen atoms in total. The van der Waals surface area contributed by atoms with Gasteiger partial charge in [0.15, 0.2) is 5.76 Å². The number of nitrogens with one attached hydrogen (secondary N) is 1. The molecule has 1 N–H and O–H groups in total. The van der Waals surface area contributed by atoms with Gasteiger partial charge in [-0.3, -0.25) is 4.79 Å². The van der Waals surface area contributed by atoms with Gasteiger partial charge in [0.05, 0.1) is 0 Å². The quantitative estimate of drug-likeness (QED) is 0.813. The molecule has 0 saturated heterocycles. The van der Waals surface area contributed by atoms with E-state index in [9.17, 15) is 4.79 Å². The van der Waals surface area contributed by atoms with Crippen molar-refractivity contribution >= 4 is 5.91 Å². The minimum absolute atomic E-state index is 0.0529. The minimum atomic E-state index is -0.148. The molecule has 3 heteroatoms. The van der Waals surface area contributed by atoms with E-state index in [4.69, 9.17) is 4.42 Å². The zero-order valence-electron chi connectivity index (χ0n) is 10.0. The lowest BCUT2D eigenvalue weighted by atomic mass is 9.88. The molecule has 0 bridgehead atoms. The summed E-state index contributed by atoms with van der Waals surface area (Å²) in [4.78, 5) is 11.7. The molecule has 15 heavy (non-hydrogen) atoms. The fraction of sp³-hybridized carbons (Fsp3) is 0.583. The standard InChI is InChI=1S/C12H19NO2/c1-8-6-7-10(15-8)11(14)13-9(2)12(3,4)5/h6-7,9H,1-5H3,(H,13,14)/t9-/m1/s1. The summed E-state index contributed by atoms with van der Waals surface area (Å²) in [6.07, 6.45) is 0. The second-order valence-electron chi connectivity index (χ2n) is 4.97. The third kappa shape index (κ3) is 3.11. The molecule has 0 aliphatic carbocycles. The van der Waals surface area contributed by atoms with Crippen molar-refractivity contribution in [1.82, 2.24) is 5.32 Å². The van der Waals surface area contributed by atoms with Crippen molar-refractivity contribution in [3.05, 3.63) is 23.7 Å². The van der Waals surface area contributed by atoms with Crippen LogP contribution in [0, 0.1) is 12.3 Å². The number of rotatable bonds is 2. The maximum absolute atomic E-state index is 11.7. The van der Waals surface area contributed by atoms with Gasteiger partial charge in [-0.2, -0.15) is 0 Å². The first kappa shape index (κ1) is 11.8. The van der Waals surface area contributed by atoms with Crippen molar-refractivity contribution in [3.63, 3.8) is 0 Å². The molecule has 0 radical (unpaired) electrons. The lowest BCUT2D eigenvalue weighted by Crippen LogP contribution is -2.41. The van der Waals surface area contributed by atoms with E-state index in [0.29, 0.717) is 5.76 Å². The van der Waals surface area contributed by atoms with Gasteiger partial charge < -0.3 is 9.73 Å². The average molecular weight is 209 g/mol. The Labute approximate surface area is 90.9 Å². The predicted molar refractivity (Wildman–Crippen MR) is 59.8 cm³/mol. The second kappa shape index (κ2) is 4.09. The molecule has 0 aliphatic heterocycles. The van der Waals surface area contributed by atoms with Crippen LogP contribution in [0.4, 0.5) is 0 Å². The van der Waals surface area contributed by atoms with Crippen LogP contribution in [0.3, 0.4) is 0 Å². The van der Waals surface area contributed by atoms with E-state index in [2.05, 4.69) is 26.1 Å². The number of carbonyl (C=O) groups is 1. The third-order valence-electron chi connectivity index (χ3n) is 2.61. The Balaban J connectivity index is 2.64. The molecule has 0 spiro atoms. The normalized spacial score (nSPS) is 13.7. The van der Waals surface area contributed by atoms with E-state index in [1.165, 1.54) is 0 Å². The van der Waals surface area contributed by atoms with Gasteiger partial charge in [-0.1, -0.05) is 20.8 Å². The fourth-order valence-corrected chi connectivity index (χ4v) is 1.04. The number of aryl methyl sites for hydroxylation is 1. The highest BCUT2D eigenvalue weighted by Crippen LogP contribution is 2.19. The van der Waals surface area contributed by atoms with E-state index < -0.39 is 0 Å². The van der Waals surface area contributed by atoms with Crippen molar-refractivity contribution < 1.29 is 9.21 Å². The molecule has 84 valence electrons. The smallest absolute Gasteiger partial charge is 0.287 e. The first-order chi connectivity index (χ1) is 6.80. The van der Waals surface area contributed by atoms with Crippen molar-refractivity contribution in [2.75, 3.05) is 0 Å². The van der Waals surface area contributed by atoms with Crippen LogP contribution in [0.15, 0.2) is 16.5 Å². The number of hydrogen-bond acceptors (Lipinski definition) is 2. The predicted octanol–water partition coefficient (Wildman–Crippen LogP) is 2.75. The summed E-state index contributed by atoms with van der Waals surface area (Å²) in [6, 6.07) is 3.59. The molecule has 0 saturated carbocycles. The molecule has 0 unspecified atom stereocenters. The van der Waals surface area contributed by atoms with E-state index in [1.807, 2.05) is 13.8 Å². The monoisotopic (exact) mass is 209 g/mol. The van der Waals surface area contributed by atoms with Gasteiger partial charge in [0.25, 0.3) is 5.91 Å². The molecule has 1 atom stereocenters. The Bertz CT molecular complexity index is 347. The Morgan fingerprint density at radius 2 is 2.00 bits per heavy atom. The molecule has 1 heterocycles. The highest BCUT2D eigenvalue weighted by atomic mass is 16.3. The Hall–Kier alpha value is -1.25. The van der Waals surface area contributed by atoms with Gasteiger partial charge in [-0.25, -0.2) is 0 Å². The SMILES string of the molecule is Cc1ccc(C(=O)N[C@H](C)C(C)(C)C)o1. The van der Waals surface area contributed by atoms with Gasteiger partial charge in [0.1, 0.15) is 5.76 Å². The van der Waals surface area contributed by atoms with Crippen LogP contribution in [0.1, 0.15) is 44.0 Å². The topological polar surface area (TPSA) is 42.2 Å². The Kier molecular flexibility index (Phi) is 3.22. The molecule has 1 rings (SSSR count). The lowest BCUT2D eigenvalue weighted by Gasteiger charge is -2.27. The van der Waals surface area contributed by atoms with Gasteiger partial charge in [0, 0.05) is 6.04 Å². The molecular formula is C12H19NO2. The van der Waals surface area contributed by atoms with Crippen molar-refractivity contribution in [1.29, 1.82) is 0 Å². The van der Waals surface area contributed by atoms with Crippen molar-refractivity contribution in [3.8, 4) is 0 Å². The molecule has 0 fully saturated rings. The van der Waals surface area contributed by atoms with E-state index >= 15 is 0 Å². The zero-order valence-corrected chi connectivity index (χ0v) is 10.0. The maximum atomic E-state index is 11.7. The fourth-order valence-electron chi connectivity index (χ4n) is 1.04. The van der Waals surface area contributed by atoms with Gasteiger partial charge in [-0.15, -0.1) is 0 Å². The van der Waals surface area contributed by atoms with E-state index in [0.717, 1.165) is 5.76 Å². The molecule has 0 aromatic carbocycles. The average Bonchev–Trinajstić information content (AvgIpc) is 2.50. The third-order valence-corrected chi connectivity index (χ3v) is 2.61. The van der Waals surface area contributed by atoms with E-state index in [1.54, 1.807) is 12.1 Å². The lowest BCUT2D eigenvalue weighted by molar-refractivity contribution is 0.0880. The van der Waals surface area contributed by atoms with Gasteiger partial charge in [0.2, 0.25) is 0 Å². The van der Waals surface area contributed by atoms with E-state index in [-0.39, 0.29) is 17.4 Å². The summed E-state index contributed by atoms with van der Waals surface area (Å²) < 4.78 is 5.25. The number of amides is 1. The molecular weight excluding hydrogens is 190 g/mol. The summed E-state index contributed by atoms with van der Waals surface area (Å²) in [5.74, 6) is 0.984. The first-order valence-electron chi connectivity index (χ1n) is 5.18. The number of carbonyl (C=O) groups excluding carboxylic acids is 1. The summed E-state index contributed by atoms with van der Waals surface area (Å²) in [7, 11) is 0. The highest BCUT2D eigenvalue weighted by Gasteiger charge is 2.23. The van der Waals surface area contributed by atoms with Crippen LogP contribution in [-0.2, 0) is 0 Å². The number of furan rings is 1.